The Morgan fingerprint density at radius 2 is 1.88 bits per heavy atom. The van der Waals surface area contributed by atoms with E-state index in [9.17, 15) is 9.59 Å². The smallest absolute Gasteiger partial charge is 0.270 e. The van der Waals surface area contributed by atoms with Gasteiger partial charge >= 0.3 is 0 Å². The van der Waals surface area contributed by atoms with Crippen LogP contribution in [0.3, 0.4) is 0 Å². The average Bonchev–Trinajstić information content (AvgIpc) is 3.27. The van der Waals surface area contributed by atoms with Crippen LogP contribution in [0, 0.1) is 23.7 Å². The third kappa shape index (κ3) is 5.93. The summed E-state index contributed by atoms with van der Waals surface area (Å²) in [6.45, 7) is 3.63. The van der Waals surface area contributed by atoms with E-state index in [2.05, 4.69) is 21.7 Å². The second-order valence-electron chi connectivity index (χ2n) is 8.68. The van der Waals surface area contributed by atoms with Crippen LogP contribution in [-0.2, 0) is 11.3 Å². The molecule has 1 aliphatic rings. The number of nitrogens with one attached hydrogen (secondary N) is 3. The number of amides is 2. The summed E-state index contributed by atoms with van der Waals surface area (Å²) in [4.78, 5) is 26.3. The monoisotopic (exact) mass is 460 g/mol. The zero-order chi connectivity index (χ0) is 24.7. The Hall–Kier alpha value is -3.86. The lowest BCUT2D eigenvalue weighted by atomic mass is 9.83. The van der Waals surface area contributed by atoms with Crippen LogP contribution in [0.15, 0.2) is 42.2 Å². The van der Waals surface area contributed by atoms with Gasteiger partial charge in [-0.05, 0) is 56.4 Å². The molecule has 1 atom stereocenters. The molecule has 34 heavy (non-hydrogen) atoms. The number of carbonyl (C=O) groups is 2. The number of benzene rings is 1. The van der Waals surface area contributed by atoms with Crippen molar-refractivity contribution >= 4 is 28.8 Å². The molecule has 8 heteroatoms. The van der Waals surface area contributed by atoms with Gasteiger partial charge in [0.2, 0.25) is 5.91 Å². The molecule has 0 bridgehead atoms. The van der Waals surface area contributed by atoms with Crippen LogP contribution < -0.4 is 16.4 Å². The predicted octanol–water partition coefficient (Wildman–Crippen LogP) is 3.56. The summed E-state index contributed by atoms with van der Waals surface area (Å²) in [5.41, 5.74) is 9.30. The molecule has 0 unspecified atom stereocenters. The molecule has 2 amide bonds. The third-order valence-corrected chi connectivity index (χ3v) is 6.09. The highest BCUT2D eigenvalue weighted by Gasteiger charge is 2.32. The fourth-order valence-corrected chi connectivity index (χ4v) is 4.50. The minimum atomic E-state index is -0.674. The van der Waals surface area contributed by atoms with Crippen LogP contribution in [0.25, 0.3) is 5.57 Å². The van der Waals surface area contributed by atoms with Crippen molar-refractivity contribution < 1.29 is 9.59 Å². The van der Waals surface area contributed by atoms with Crippen molar-refractivity contribution in [2.24, 2.45) is 11.7 Å². The van der Waals surface area contributed by atoms with E-state index in [1.807, 2.05) is 12.1 Å². The molecule has 0 spiro atoms. The van der Waals surface area contributed by atoms with Crippen LogP contribution in [0.1, 0.15) is 62.0 Å². The molecule has 5 N–H and O–H groups in total. The molecule has 0 radical (unpaired) electrons. The van der Waals surface area contributed by atoms with E-state index in [4.69, 9.17) is 17.6 Å². The average molecular weight is 461 g/mol. The highest BCUT2D eigenvalue weighted by molar-refractivity contribution is 6.21. The lowest BCUT2D eigenvalue weighted by Gasteiger charge is -2.30. The quantitative estimate of drug-likeness (QED) is 0.355. The number of hydrogen-bond acceptors (Lipinski definition) is 5. The zero-order valence-electron chi connectivity index (χ0n) is 19.7. The first-order chi connectivity index (χ1) is 16.3. The van der Waals surface area contributed by atoms with Gasteiger partial charge in [-0.3, -0.25) is 9.59 Å². The van der Waals surface area contributed by atoms with E-state index in [0.717, 1.165) is 37.7 Å². The van der Waals surface area contributed by atoms with Gasteiger partial charge in [-0.2, -0.15) is 5.10 Å². The van der Waals surface area contributed by atoms with Gasteiger partial charge in [0.25, 0.3) is 5.91 Å². The molecule has 8 nitrogen and oxygen atoms in total. The van der Waals surface area contributed by atoms with E-state index in [1.165, 1.54) is 10.9 Å². The van der Waals surface area contributed by atoms with Gasteiger partial charge in [-0.15, -0.1) is 6.42 Å². The first-order valence-corrected chi connectivity index (χ1v) is 11.5. The molecule has 1 heterocycles. The van der Waals surface area contributed by atoms with Gasteiger partial charge in [0.05, 0.1) is 0 Å². The normalized spacial score (nSPS) is 15.6. The zero-order valence-corrected chi connectivity index (χ0v) is 19.7. The third-order valence-electron chi connectivity index (χ3n) is 6.09. The highest BCUT2D eigenvalue weighted by atomic mass is 16.2. The Labute approximate surface area is 200 Å². The standard InChI is InChI=1S/C26H32N6O2/c1-4-16-32-22(14-15-29-32)25(33)31-24(20-8-6-5-7-9-20)26(34)30-21-12-10-19(11-13-21)23(17(2)27)18(3)28/h1,10-15,20,24,27H,5-9,16,28H2,2-3H3,(H,30,34)(H,31,33)/b23-18+,27-17?/t24-/m0/s1. The van der Waals surface area contributed by atoms with E-state index < -0.39 is 6.04 Å². The number of nitrogens with zero attached hydrogens (tertiary/aromatic N) is 2. The number of anilines is 1. The van der Waals surface area contributed by atoms with Gasteiger partial charge in [-0.1, -0.05) is 37.3 Å². The number of carbonyl (C=O) groups excluding carboxylic acids is 2. The molecule has 1 fully saturated rings. The second kappa shape index (κ2) is 11.3. The number of aromatic nitrogens is 2. The van der Waals surface area contributed by atoms with Crippen molar-refractivity contribution in [3.8, 4) is 12.3 Å². The first-order valence-electron chi connectivity index (χ1n) is 11.5. The van der Waals surface area contributed by atoms with E-state index in [-0.39, 0.29) is 24.3 Å². The molecular formula is C26H32N6O2. The van der Waals surface area contributed by atoms with Gasteiger partial charge < -0.3 is 21.8 Å². The number of allylic oxidation sites excluding steroid dienone is 2. The fraction of sp³-hybridized carbons (Fsp3) is 0.385. The lowest BCUT2D eigenvalue weighted by Crippen LogP contribution is -2.49. The van der Waals surface area contributed by atoms with E-state index in [0.29, 0.717) is 28.4 Å². The highest BCUT2D eigenvalue weighted by Crippen LogP contribution is 2.28. The summed E-state index contributed by atoms with van der Waals surface area (Å²) < 4.78 is 1.44. The van der Waals surface area contributed by atoms with Crippen molar-refractivity contribution in [2.75, 3.05) is 5.32 Å². The molecule has 3 rings (SSSR count). The van der Waals surface area contributed by atoms with Gasteiger partial charge in [0.15, 0.2) is 0 Å². The second-order valence-corrected chi connectivity index (χ2v) is 8.68. The van der Waals surface area contributed by atoms with E-state index >= 15 is 0 Å². The van der Waals surface area contributed by atoms with Crippen LogP contribution in [0.5, 0.6) is 0 Å². The minimum absolute atomic E-state index is 0.0518. The molecule has 0 saturated heterocycles. The summed E-state index contributed by atoms with van der Waals surface area (Å²) >= 11 is 0. The van der Waals surface area contributed by atoms with E-state index in [1.54, 1.807) is 32.0 Å². The SMILES string of the molecule is C#CCn1nccc1C(=O)N[C@H](C(=O)Nc1ccc(/C(C(C)=N)=C(\C)N)cc1)C1CCCCC1. The number of hydrogen-bond donors (Lipinski definition) is 4. The Morgan fingerprint density at radius 3 is 2.47 bits per heavy atom. The Kier molecular flexibility index (Phi) is 8.25. The maximum absolute atomic E-state index is 13.3. The molecule has 1 aromatic carbocycles. The first kappa shape index (κ1) is 24.8. The molecule has 0 aliphatic heterocycles. The number of rotatable bonds is 8. The van der Waals surface area contributed by atoms with Crippen LogP contribution in [0.4, 0.5) is 5.69 Å². The fourth-order valence-electron chi connectivity index (χ4n) is 4.50. The summed E-state index contributed by atoms with van der Waals surface area (Å²) in [6, 6.07) is 8.13. The minimum Gasteiger partial charge on any atom is -0.402 e. The Morgan fingerprint density at radius 1 is 1.21 bits per heavy atom. The molecule has 178 valence electrons. The number of terminal acetylenes is 1. The molecule has 1 saturated carbocycles. The van der Waals surface area contributed by atoms with Gasteiger partial charge in [0, 0.05) is 28.9 Å². The molecule has 1 aromatic heterocycles. The Bertz CT molecular complexity index is 1110. The van der Waals surface area contributed by atoms with Crippen molar-refractivity contribution in [3.05, 3.63) is 53.5 Å². The topological polar surface area (TPSA) is 126 Å². The summed E-state index contributed by atoms with van der Waals surface area (Å²) in [6.07, 6.45) is 11.9. The maximum atomic E-state index is 13.3. The molecule has 1 aliphatic carbocycles. The lowest BCUT2D eigenvalue weighted by molar-refractivity contribution is -0.119. The van der Waals surface area contributed by atoms with Gasteiger partial charge in [0.1, 0.15) is 18.3 Å². The van der Waals surface area contributed by atoms with Crippen LogP contribution in [-0.4, -0.2) is 33.3 Å². The van der Waals surface area contributed by atoms with Gasteiger partial charge in [-0.25, -0.2) is 4.68 Å². The maximum Gasteiger partial charge on any atom is 0.270 e. The number of nitrogens with two attached hydrogens (primary N) is 1. The summed E-state index contributed by atoms with van der Waals surface area (Å²) in [7, 11) is 0. The molecular weight excluding hydrogens is 428 g/mol. The predicted molar refractivity (Wildman–Crippen MR) is 134 cm³/mol. The van der Waals surface area contributed by atoms with Crippen molar-refractivity contribution in [1.82, 2.24) is 15.1 Å². The van der Waals surface area contributed by atoms with Crippen LogP contribution in [0.2, 0.25) is 0 Å². The largest absolute Gasteiger partial charge is 0.402 e. The summed E-state index contributed by atoms with van der Waals surface area (Å²) in [5, 5.41) is 17.9. The summed E-state index contributed by atoms with van der Waals surface area (Å²) in [5.74, 6) is 1.90. The van der Waals surface area contributed by atoms with Crippen molar-refractivity contribution in [3.63, 3.8) is 0 Å². The van der Waals surface area contributed by atoms with Crippen molar-refractivity contribution in [2.45, 2.75) is 58.5 Å². The van der Waals surface area contributed by atoms with Crippen molar-refractivity contribution in [1.29, 1.82) is 5.41 Å². The molecule has 2 aromatic rings. The van der Waals surface area contributed by atoms with Crippen LogP contribution >= 0.6 is 0 Å². The Balaban J connectivity index is 1.78.